The first-order valence-corrected chi connectivity index (χ1v) is 9.74. The van der Waals surface area contributed by atoms with Crippen LogP contribution in [0.5, 0.6) is 0 Å². The maximum atomic E-state index is 14.4. The zero-order valence-corrected chi connectivity index (χ0v) is 16.5. The summed E-state index contributed by atoms with van der Waals surface area (Å²) in [6.45, 7) is 1.92. The monoisotopic (exact) mass is 407 g/mol. The van der Waals surface area contributed by atoms with E-state index in [1.54, 1.807) is 22.8 Å². The zero-order chi connectivity index (χ0) is 20.8. The number of nitrogens with two attached hydrogens (primary N) is 1. The number of carbonyl (C=O) groups excluding carboxylic acids is 1. The summed E-state index contributed by atoms with van der Waals surface area (Å²) in [6.07, 6.45) is 0. The van der Waals surface area contributed by atoms with Gasteiger partial charge in [-0.05, 0) is 24.6 Å². The van der Waals surface area contributed by atoms with E-state index < -0.39 is 5.82 Å². The van der Waals surface area contributed by atoms with E-state index in [0.29, 0.717) is 23.1 Å². The Bertz CT molecular complexity index is 1100. The number of rotatable bonds is 7. The van der Waals surface area contributed by atoms with Crippen molar-refractivity contribution >= 4 is 17.5 Å². The van der Waals surface area contributed by atoms with Gasteiger partial charge in [0.2, 0.25) is 0 Å². The van der Waals surface area contributed by atoms with Crippen molar-refractivity contribution in [1.82, 2.24) is 14.8 Å². The summed E-state index contributed by atoms with van der Waals surface area (Å²) in [4.78, 5) is 12.3. The van der Waals surface area contributed by atoms with Crippen LogP contribution in [0.4, 0.5) is 4.39 Å². The summed E-state index contributed by atoms with van der Waals surface area (Å²) in [5, 5.41) is 17.9. The van der Waals surface area contributed by atoms with Gasteiger partial charge in [-0.25, -0.2) is 4.39 Å². The van der Waals surface area contributed by atoms with E-state index in [0.717, 1.165) is 17.3 Å². The van der Waals surface area contributed by atoms with E-state index in [4.69, 9.17) is 11.0 Å². The van der Waals surface area contributed by atoms with Gasteiger partial charge in [0, 0.05) is 5.70 Å². The number of allylic oxidation sites excluding steroid dienone is 2. The summed E-state index contributed by atoms with van der Waals surface area (Å²) >= 11 is 1.13. The fourth-order valence-electron chi connectivity index (χ4n) is 2.72. The Balaban J connectivity index is 1.95. The maximum absolute atomic E-state index is 14.4. The number of nitriles is 1. The highest BCUT2D eigenvalue weighted by molar-refractivity contribution is 7.99. The lowest BCUT2D eigenvalue weighted by Crippen LogP contribution is -2.11. The van der Waals surface area contributed by atoms with Gasteiger partial charge in [-0.3, -0.25) is 9.36 Å². The number of hydrogen-bond donors (Lipinski definition) is 1. The van der Waals surface area contributed by atoms with Crippen LogP contribution in [-0.2, 0) is 11.3 Å². The van der Waals surface area contributed by atoms with Gasteiger partial charge in [0.1, 0.15) is 17.5 Å². The topological polar surface area (TPSA) is 97.6 Å². The molecule has 0 radical (unpaired) electrons. The molecule has 3 rings (SSSR count). The van der Waals surface area contributed by atoms with E-state index in [2.05, 4.69) is 10.2 Å². The molecule has 3 aromatic rings. The first-order chi connectivity index (χ1) is 14.0. The van der Waals surface area contributed by atoms with Crippen LogP contribution in [0.3, 0.4) is 0 Å². The number of ketones is 1. The van der Waals surface area contributed by atoms with Gasteiger partial charge < -0.3 is 5.73 Å². The number of carbonyl (C=O) groups is 1. The molecule has 8 heteroatoms. The van der Waals surface area contributed by atoms with Crippen LogP contribution in [0.2, 0.25) is 0 Å². The second kappa shape index (κ2) is 9.17. The maximum Gasteiger partial charge on any atom is 0.192 e. The molecule has 0 saturated heterocycles. The van der Waals surface area contributed by atoms with Gasteiger partial charge in [0.05, 0.1) is 17.9 Å². The molecule has 2 N–H and O–H groups in total. The number of aromatic nitrogens is 3. The highest BCUT2D eigenvalue weighted by Gasteiger charge is 2.19. The molecule has 2 aromatic carbocycles. The summed E-state index contributed by atoms with van der Waals surface area (Å²) in [5.41, 5.74) is 7.01. The summed E-state index contributed by atoms with van der Waals surface area (Å²) in [6, 6.07) is 17.8. The average Bonchev–Trinajstić information content (AvgIpc) is 3.10. The Morgan fingerprint density at radius 1 is 1.17 bits per heavy atom. The van der Waals surface area contributed by atoms with E-state index in [-0.39, 0.29) is 22.8 Å². The van der Waals surface area contributed by atoms with E-state index in [1.807, 2.05) is 36.4 Å². The molecule has 1 heterocycles. The molecule has 29 heavy (non-hydrogen) atoms. The third kappa shape index (κ3) is 4.70. The molecule has 6 nitrogen and oxygen atoms in total. The normalized spacial score (nSPS) is 11.6. The number of thioether (sulfide) groups is 1. The minimum Gasteiger partial charge on any atom is -0.401 e. The van der Waals surface area contributed by atoms with Gasteiger partial charge in [0.15, 0.2) is 16.8 Å². The molecule has 0 aliphatic carbocycles. The lowest BCUT2D eigenvalue weighted by Gasteiger charge is -2.11. The molecule has 0 fully saturated rings. The number of nitrogens with zero attached hydrogens (tertiary/aromatic N) is 4. The highest BCUT2D eigenvalue weighted by atomic mass is 32.2. The van der Waals surface area contributed by atoms with Crippen LogP contribution in [0.25, 0.3) is 11.4 Å². The molecule has 0 saturated carbocycles. The fourth-order valence-corrected chi connectivity index (χ4v) is 3.53. The third-order valence-electron chi connectivity index (χ3n) is 4.13. The number of Topliss-reactive ketones (excluding diaryl/α,β-unsaturated/α-hetero) is 1. The van der Waals surface area contributed by atoms with Gasteiger partial charge in [-0.15, -0.1) is 10.2 Å². The lowest BCUT2D eigenvalue weighted by atomic mass is 10.2. The molecule has 0 unspecified atom stereocenters. The van der Waals surface area contributed by atoms with Gasteiger partial charge >= 0.3 is 0 Å². The fraction of sp³-hybridized carbons (Fsp3) is 0.143. The smallest absolute Gasteiger partial charge is 0.192 e. The SMILES string of the molecule is C/C(N)=C(/C#N)C(=O)CSc1nnc(-c2ccccc2F)n1Cc1ccccc1. The average molecular weight is 407 g/mol. The minimum atomic E-state index is -0.407. The predicted octanol–water partition coefficient (Wildman–Crippen LogP) is 3.55. The number of halogens is 1. The van der Waals surface area contributed by atoms with Gasteiger partial charge in [-0.1, -0.05) is 54.2 Å². The summed E-state index contributed by atoms with van der Waals surface area (Å²) in [5.74, 6) is -0.454. The Hall–Kier alpha value is -3.44. The summed E-state index contributed by atoms with van der Waals surface area (Å²) < 4.78 is 16.1. The van der Waals surface area contributed by atoms with Crippen molar-refractivity contribution in [3.05, 3.63) is 77.2 Å². The first kappa shape index (κ1) is 20.3. The van der Waals surface area contributed by atoms with Crippen molar-refractivity contribution in [3.8, 4) is 17.5 Å². The second-order valence-corrected chi connectivity index (χ2v) is 7.18. The Morgan fingerprint density at radius 3 is 2.52 bits per heavy atom. The molecular formula is C21H18FN5OS. The van der Waals surface area contributed by atoms with Crippen molar-refractivity contribution in [1.29, 1.82) is 5.26 Å². The Morgan fingerprint density at radius 2 is 1.86 bits per heavy atom. The molecule has 0 aliphatic heterocycles. The van der Waals surface area contributed by atoms with Gasteiger partial charge in [-0.2, -0.15) is 5.26 Å². The van der Waals surface area contributed by atoms with Crippen molar-refractivity contribution in [3.63, 3.8) is 0 Å². The van der Waals surface area contributed by atoms with E-state index in [1.165, 1.54) is 13.0 Å². The van der Waals surface area contributed by atoms with Crippen LogP contribution < -0.4 is 5.73 Å². The van der Waals surface area contributed by atoms with Crippen molar-refractivity contribution < 1.29 is 9.18 Å². The quantitative estimate of drug-likeness (QED) is 0.365. The van der Waals surface area contributed by atoms with Crippen molar-refractivity contribution in [2.24, 2.45) is 5.73 Å². The van der Waals surface area contributed by atoms with Crippen LogP contribution in [-0.4, -0.2) is 26.3 Å². The highest BCUT2D eigenvalue weighted by Crippen LogP contribution is 2.27. The molecule has 146 valence electrons. The molecule has 1 aromatic heterocycles. The van der Waals surface area contributed by atoms with Crippen molar-refractivity contribution in [2.75, 3.05) is 5.75 Å². The van der Waals surface area contributed by atoms with Crippen molar-refractivity contribution in [2.45, 2.75) is 18.6 Å². The van der Waals surface area contributed by atoms with Crippen LogP contribution in [0.15, 0.2) is 71.0 Å². The molecular weight excluding hydrogens is 389 g/mol. The largest absolute Gasteiger partial charge is 0.401 e. The lowest BCUT2D eigenvalue weighted by molar-refractivity contribution is -0.112. The first-order valence-electron chi connectivity index (χ1n) is 8.75. The van der Waals surface area contributed by atoms with E-state index in [9.17, 15) is 9.18 Å². The van der Waals surface area contributed by atoms with Crippen LogP contribution >= 0.6 is 11.8 Å². The second-order valence-electron chi connectivity index (χ2n) is 6.24. The zero-order valence-electron chi connectivity index (χ0n) is 15.7. The molecule has 0 bridgehead atoms. The van der Waals surface area contributed by atoms with Crippen LogP contribution in [0.1, 0.15) is 12.5 Å². The molecule has 0 amide bonds. The number of hydrogen-bond acceptors (Lipinski definition) is 6. The van der Waals surface area contributed by atoms with Crippen LogP contribution in [0, 0.1) is 17.1 Å². The molecule has 0 aliphatic rings. The third-order valence-corrected chi connectivity index (χ3v) is 5.10. The van der Waals surface area contributed by atoms with Gasteiger partial charge in [0.25, 0.3) is 0 Å². The summed E-state index contributed by atoms with van der Waals surface area (Å²) in [7, 11) is 0. The Kier molecular flexibility index (Phi) is 6.42. The molecule has 0 atom stereocenters. The standard InChI is InChI=1S/C21H18FN5OS/c1-14(24)17(11-23)19(28)13-29-21-26-25-20(16-9-5-6-10-18(16)22)27(21)12-15-7-3-2-4-8-15/h2-10H,12-13,24H2,1H3/b17-14+. The van der Waals surface area contributed by atoms with E-state index >= 15 is 0 Å². The number of benzene rings is 2. The minimum absolute atomic E-state index is 0.0262. The molecule has 0 spiro atoms. The Labute approximate surface area is 171 Å². The predicted molar refractivity (Wildman–Crippen MR) is 109 cm³/mol.